The largest absolute Gasteiger partial charge is 0.452 e. The van der Waals surface area contributed by atoms with Crippen molar-refractivity contribution in [1.82, 2.24) is 9.44 Å². The van der Waals surface area contributed by atoms with Gasteiger partial charge in [0.25, 0.3) is 0 Å². The molecular weight excluding hydrogens is 222 g/mol. The van der Waals surface area contributed by atoms with Crippen LogP contribution in [-0.4, -0.2) is 33.7 Å². The third-order valence-corrected chi connectivity index (χ3v) is 3.21. The van der Waals surface area contributed by atoms with E-state index in [1.807, 2.05) is 0 Å². The van der Waals surface area contributed by atoms with Crippen molar-refractivity contribution in [2.45, 2.75) is 25.8 Å². The summed E-state index contributed by atoms with van der Waals surface area (Å²) in [5.41, 5.74) is 4.64. The Kier molecular flexibility index (Phi) is 4.98. The second-order valence-corrected chi connectivity index (χ2v) is 4.73. The lowest BCUT2D eigenvalue weighted by atomic mass is 10.0. The number of amides is 1. The minimum Gasteiger partial charge on any atom is -0.452 e. The molecule has 0 saturated carbocycles. The van der Waals surface area contributed by atoms with Gasteiger partial charge in [-0.1, -0.05) is 6.92 Å². The van der Waals surface area contributed by atoms with E-state index in [1.54, 1.807) is 18.6 Å². The van der Waals surface area contributed by atoms with Gasteiger partial charge in [-0.25, -0.2) is 9.52 Å². The highest BCUT2D eigenvalue weighted by atomic mass is 32.2. The van der Waals surface area contributed by atoms with Crippen molar-refractivity contribution in [1.29, 1.82) is 0 Å². The van der Waals surface area contributed by atoms with Gasteiger partial charge in [0, 0.05) is 12.1 Å². The summed E-state index contributed by atoms with van der Waals surface area (Å²) in [7, 11) is -2.85. The number of hydrogen-bond acceptors (Lipinski definition) is 5. The van der Waals surface area contributed by atoms with Gasteiger partial charge in [0.1, 0.15) is 0 Å². The van der Waals surface area contributed by atoms with Gasteiger partial charge in [0.15, 0.2) is 0 Å². The molecule has 0 aromatic heterocycles. The highest BCUT2D eigenvalue weighted by molar-refractivity contribution is 7.88. The van der Waals surface area contributed by atoms with Crippen molar-refractivity contribution < 1.29 is 17.9 Å². The SMILES string of the molecule is CCC(C)(CN)NS(=O)(=O)NC(=O)OC. The molecule has 0 aromatic rings. The maximum absolute atomic E-state index is 11.4. The first kappa shape index (κ1) is 14.1. The summed E-state index contributed by atoms with van der Waals surface area (Å²) in [6, 6.07) is 0. The van der Waals surface area contributed by atoms with Gasteiger partial charge in [-0.3, -0.25) is 0 Å². The first-order chi connectivity index (χ1) is 6.78. The number of nitrogens with one attached hydrogen (secondary N) is 2. The van der Waals surface area contributed by atoms with Crippen molar-refractivity contribution >= 4 is 16.3 Å². The van der Waals surface area contributed by atoms with E-state index in [0.717, 1.165) is 7.11 Å². The fourth-order valence-corrected chi connectivity index (χ4v) is 1.99. The standard InChI is InChI=1S/C7H17N3O4S/c1-4-7(2,5-8)10-15(12,13)9-6(11)14-3/h10H,4-5,8H2,1-3H3,(H,9,11). The van der Waals surface area contributed by atoms with Crippen LogP contribution in [-0.2, 0) is 14.9 Å². The summed E-state index contributed by atoms with van der Waals surface area (Å²) < 4.78 is 30.8. The third kappa shape index (κ3) is 4.96. The van der Waals surface area contributed by atoms with E-state index in [0.29, 0.717) is 6.42 Å². The molecule has 0 aliphatic carbocycles. The average Bonchev–Trinajstić information content (AvgIpc) is 2.16. The first-order valence-corrected chi connectivity index (χ1v) is 5.86. The van der Waals surface area contributed by atoms with Crippen LogP contribution in [0.25, 0.3) is 0 Å². The lowest BCUT2D eigenvalue weighted by Gasteiger charge is -2.27. The number of rotatable bonds is 5. The van der Waals surface area contributed by atoms with Gasteiger partial charge in [-0.2, -0.15) is 13.1 Å². The molecule has 1 atom stereocenters. The molecule has 0 fully saturated rings. The van der Waals surface area contributed by atoms with Crippen molar-refractivity contribution in [2.75, 3.05) is 13.7 Å². The summed E-state index contributed by atoms with van der Waals surface area (Å²) in [5.74, 6) is 0. The molecule has 1 amide bonds. The van der Waals surface area contributed by atoms with Crippen LogP contribution in [0.15, 0.2) is 0 Å². The van der Waals surface area contributed by atoms with E-state index in [9.17, 15) is 13.2 Å². The summed E-state index contributed by atoms with van der Waals surface area (Å²) in [4.78, 5) is 10.7. The summed E-state index contributed by atoms with van der Waals surface area (Å²) >= 11 is 0. The second kappa shape index (κ2) is 5.29. The Morgan fingerprint density at radius 3 is 2.40 bits per heavy atom. The smallest absolute Gasteiger partial charge is 0.421 e. The lowest BCUT2D eigenvalue weighted by Crippen LogP contribution is -2.55. The number of carbonyl (C=O) groups excluding carboxylic acids is 1. The molecule has 8 heteroatoms. The third-order valence-electron chi connectivity index (χ3n) is 2.01. The van der Waals surface area contributed by atoms with E-state index in [1.165, 1.54) is 0 Å². The molecular formula is C7H17N3O4S. The van der Waals surface area contributed by atoms with E-state index in [-0.39, 0.29) is 6.54 Å². The second-order valence-electron chi connectivity index (χ2n) is 3.32. The van der Waals surface area contributed by atoms with Crippen LogP contribution < -0.4 is 15.2 Å². The Bertz CT molecular complexity index is 310. The van der Waals surface area contributed by atoms with Crippen LogP contribution in [0.5, 0.6) is 0 Å². The van der Waals surface area contributed by atoms with E-state index in [2.05, 4.69) is 9.46 Å². The van der Waals surface area contributed by atoms with Gasteiger partial charge < -0.3 is 10.5 Å². The van der Waals surface area contributed by atoms with Crippen molar-refractivity contribution in [2.24, 2.45) is 5.73 Å². The monoisotopic (exact) mass is 239 g/mol. The Balaban J connectivity index is 4.57. The number of methoxy groups -OCH3 is 1. The van der Waals surface area contributed by atoms with Gasteiger partial charge >= 0.3 is 16.3 Å². The van der Waals surface area contributed by atoms with Gasteiger partial charge in [-0.15, -0.1) is 0 Å². The van der Waals surface area contributed by atoms with Crippen molar-refractivity contribution in [3.8, 4) is 0 Å². The molecule has 0 rings (SSSR count). The summed E-state index contributed by atoms with van der Waals surface area (Å²) in [6.07, 6.45) is -0.538. The fourth-order valence-electron chi connectivity index (χ4n) is 0.759. The molecule has 0 bridgehead atoms. The minimum atomic E-state index is -3.93. The minimum absolute atomic E-state index is 0.131. The van der Waals surface area contributed by atoms with Crippen molar-refractivity contribution in [3.63, 3.8) is 0 Å². The fraction of sp³-hybridized carbons (Fsp3) is 0.857. The average molecular weight is 239 g/mol. The number of nitrogens with two attached hydrogens (primary N) is 1. The summed E-state index contributed by atoms with van der Waals surface area (Å²) in [6.45, 7) is 3.56. The lowest BCUT2D eigenvalue weighted by molar-refractivity contribution is 0.177. The molecule has 15 heavy (non-hydrogen) atoms. The molecule has 0 aromatic carbocycles. The van der Waals surface area contributed by atoms with E-state index < -0.39 is 21.8 Å². The Hall–Kier alpha value is -0.860. The normalized spacial score (nSPS) is 15.5. The Morgan fingerprint density at radius 2 is 2.07 bits per heavy atom. The molecule has 4 N–H and O–H groups in total. The molecule has 90 valence electrons. The van der Waals surface area contributed by atoms with Crippen molar-refractivity contribution in [3.05, 3.63) is 0 Å². The number of carbonyl (C=O) groups is 1. The number of hydrogen-bond donors (Lipinski definition) is 3. The molecule has 0 saturated heterocycles. The zero-order valence-electron chi connectivity index (χ0n) is 9.03. The Labute approximate surface area is 89.5 Å². The zero-order chi connectivity index (χ0) is 12.1. The van der Waals surface area contributed by atoms with E-state index >= 15 is 0 Å². The first-order valence-electron chi connectivity index (χ1n) is 4.38. The van der Waals surface area contributed by atoms with Gasteiger partial charge in [0.05, 0.1) is 7.11 Å². The predicted molar refractivity (Wildman–Crippen MR) is 55.3 cm³/mol. The number of ether oxygens (including phenoxy) is 1. The molecule has 0 radical (unpaired) electrons. The molecule has 7 nitrogen and oxygen atoms in total. The quantitative estimate of drug-likeness (QED) is 0.587. The molecule has 0 aliphatic heterocycles. The van der Waals surface area contributed by atoms with Crippen LogP contribution >= 0.6 is 0 Å². The molecule has 1 unspecified atom stereocenters. The van der Waals surface area contributed by atoms with Crippen LogP contribution in [0.4, 0.5) is 4.79 Å². The zero-order valence-corrected chi connectivity index (χ0v) is 9.85. The van der Waals surface area contributed by atoms with Crippen LogP contribution in [0.3, 0.4) is 0 Å². The maximum Gasteiger partial charge on any atom is 0.421 e. The van der Waals surface area contributed by atoms with Gasteiger partial charge in [-0.05, 0) is 13.3 Å². The highest BCUT2D eigenvalue weighted by Crippen LogP contribution is 2.07. The predicted octanol–water partition coefficient (Wildman–Crippen LogP) is -0.696. The van der Waals surface area contributed by atoms with Crippen LogP contribution in [0.2, 0.25) is 0 Å². The molecule has 0 aliphatic rings. The van der Waals surface area contributed by atoms with Crippen LogP contribution in [0.1, 0.15) is 20.3 Å². The van der Waals surface area contributed by atoms with Crippen LogP contribution in [0, 0.1) is 0 Å². The summed E-state index contributed by atoms with van der Waals surface area (Å²) in [5, 5.41) is 0. The topological polar surface area (TPSA) is 111 Å². The van der Waals surface area contributed by atoms with Gasteiger partial charge in [0.2, 0.25) is 0 Å². The molecule has 0 heterocycles. The highest BCUT2D eigenvalue weighted by Gasteiger charge is 2.27. The maximum atomic E-state index is 11.4. The Morgan fingerprint density at radius 1 is 1.53 bits per heavy atom. The molecule has 0 spiro atoms. The van der Waals surface area contributed by atoms with E-state index in [4.69, 9.17) is 5.73 Å².